The molecule has 0 fully saturated rings. The Kier molecular flexibility index (Phi) is 7.05. The highest BCUT2D eigenvalue weighted by atomic mass is 32.1. The Labute approximate surface area is 91.9 Å². The standard InChI is InChI=1S/C10H21NO2S/c1-4-12-7-8-13-6-5-10(2,3)9(11)14/h4-8H2,1-3H3,(H2,11,14). The first-order valence-electron chi connectivity index (χ1n) is 4.96. The minimum atomic E-state index is -0.110. The van der Waals surface area contributed by atoms with E-state index in [4.69, 9.17) is 27.4 Å². The third kappa shape index (κ3) is 6.29. The fourth-order valence-electron chi connectivity index (χ4n) is 0.815. The molecule has 0 spiro atoms. The molecule has 14 heavy (non-hydrogen) atoms. The van der Waals surface area contributed by atoms with Crippen molar-refractivity contribution in [2.45, 2.75) is 27.2 Å². The summed E-state index contributed by atoms with van der Waals surface area (Å²) in [7, 11) is 0. The Morgan fingerprint density at radius 1 is 1.21 bits per heavy atom. The zero-order chi connectivity index (χ0) is 11.0. The normalized spacial score (nSPS) is 11.6. The van der Waals surface area contributed by atoms with Crippen LogP contribution in [0.2, 0.25) is 0 Å². The lowest BCUT2D eigenvalue weighted by molar-refractivity contribution is 0.0463. The summed E-state index contributed by atoms with van der Waals surface area (Å²) >= 11 is 4.95. The molecule has 0 aromatic heterocycles. The second-order valence-electron chi connectivity index (χ2n) is 3.81. The van der Waals surface area contributed by atoms with E-state index in [1.165, 1.54) is 0 Å². The maximum atomic E-state index is 5.58. The molecule has 0 unspecified atom stereocenters. The molecule has 0 radical (unpaired) electrons. The Bertz CT molecular complexity index is 172. The van der Waals surface area contributed by atoms with Crippen molar-refractivity contribution in [1.82, 2.24) is 0 Å². The third-order valence-corrected chi connectivity index (χ3v) is 2.67. The van der Waals surface area contributed by atoms with Gasteiger partial charge < -0.3 is 15.2 Å². The monoisotopic (exact) mass is 219 g/mol. The topological polar surface area (TPSA) is 44.5 Å². The molecule has 0 aliphatic heterocycles. The van der Waals surface area contributed by atoms with Crippen LogP contribution in [0.3, 0.4) is 0 Å². The molecule has 0 aliphatic rings. The van der Waals surface area contributed by atoms with Gasteiger partial charge in [0, 0.05) is 18.6 Å². The third-order valence-electron chi connectivity index (χ3n) is 2.11. The van der Waals surface area contributed by atoms with Crippen LogP contribution in [-0.4, -0.2) is 31.4 Å². The van der Waals surface area contributed by atoms with Crippen molar-refractivity contribution < 1.29 is 9.47 Å². The predicted molar refractivity (Wildman–Crippen MR) is 62.5 cm³/mol. The molecule has 0 saturated carbocycles. The second kappa shape index (κ2) is 7.15. The van der Waals surface area contributed by atoms with Gasteiger partial charge in [-0.05, 0) is 13.3 Å². The van der Waals surface area contributed by atoms with Gasteiger partial charge in [-0.25, -0.2) is 0 Å². The van der Waals surface area contributed by atoms with E-state index < -0.39 is 0 Å². The van der Waals surface area contributed by atoms with E-state index in [0.29, 0.717) is 24.8 Å². The summed E-state index contributed by atoms with van der Waals surface area (Å²) in [5.41, 5.74) is 5.47. The van der Waals surface area contributed by atoms with Gasteiger partial charge in [0.05, 0.1) is 18.2 Å². The highest BCUT2D eigenvalue weighted by Crippen LogP contribution is 2.20. The second-order valence-corrected chi connectivity index (χ2v) is 4.25. The minimum absolute atomic E-state index is 0.110. The Morgan fingerprint density at radius 3 is 2.29 bits per heavy atom. The van der Waals surface area contributed by atoms with E-state index in [1.807, 2.05) is 20.8 Å². The van der Waals surface area contributed by atoms with Crippen LogP contribution in [0.5, 0.6) is 0 Å². The van der Waals surface area contributed by atoms with E-state index in [1.54, 1.807) is 0 Å². The average molecular weight is 219 g/mol. The van der Waals surface area contributed by atoms with Crippen molar-refractivity contribution in [3.63, 3.8) is 0 Å². The highest BCUT2D eigenvalue weighted by molar-refractivity contribution is 7.80. The Hall–Kier alpha value is -0.190. The van der Waals surface area contributed by atoms with Crippen LogP contribution < -0.4 is 5.73 Å². The number of nitrogens with two attached hydrogens (primary N) is 1. The maximum absolute atomic E-state index is 5.58. The van der Waals surface area contributed by atoms with Crippen molar-refractivity contribution in [2.24, 2.45) is 11.1 Å². The molecule has 0 atom stereocenters. The van der Waals surface area contributed by atoms with Crippen molar-refractivity contribution in [3.05, 3.63) is 0 Å². The summed E-state index contributed by atoms with van der Waals surface area (Å²) < 4.78 is 10.5. The summed E-state index contributed by atoms with van der Waals surface area (Å²) in [6.07, 6.45) is 0.856. The van der Waals surface area contributed by atoms with Gasteiger partial charge in [0.2, 0.25) is 0 Å². The van der Waals surface area contributed by atoms with Crippen LogP contribution in [0.15, 0.2) is 0 Å². The van der Waals surface area contributed by atoms with E-state index in [0.717, 1.165) is 13.0 Å². The first-order chi connectivity index (χ1) is 6.50. The van der Waals surface area contributed by atoms with Crippen LogP contribution in [0, 0.1) is 5.41 Å². The number of ether oxygens (including phenoxy) is 2. The van der Waals surface area contributed by atoms with Gasteiger partial charge in [-0.3, -0.25) is 0 Å². The zero-order valence-electron chi connectivity index (χ0n) is 9.34. The van der Waals surface area contributed by atoms with E-state index >= 15 is 0 Å². The lowest BCUT2D eigenvalue weighted by atomic mass is 9.90. The molecule has 0 bridgehead atoms. The summed E-state index contributed by atoms with van der Waals surface area (Å²) in [4.78, 5) is 0.547. The average Bonchev–Trinajstić information content (AvgIpc) is 2.10. The van der Waals surface area contributed by atoms with Crippen molar-refractivity contribution >= 4 is 17.2 Å². The minimum Gasteiger partial charge on any atom is -0.393 e. The van der Waals surface area contributed by atoms with E-state index in [2.05, 4.69) is 0 Å². The zero-order valence-corrected chi connectivity index (χ0v) is 10.2. The van der Waals surface area contributed by atoms with Crippen LogP contribution in [0.4, 0.5) is 0 Å². The summed E-state index contributed by atoms with van der Waals surface area (Å²) in [6.45, 7) is 8.74. The molecule has 0 saturated heterocycles. The van der Waals surface area contributed by atoms with Gasteiger partial charge in [-0.1, -0.05) is 26.1 Å². The molecule has 0 aliphatic carbocycles. The highest BCUT2D eigenvalue weighted by Gasteiger charge is 2.20. The van der Waals surface area contributed by atoms with Gasteiger partial charge >= 0.3 is 0 Å². The van der Waals surface area contributed by atoms with Crippen LogP contribution in [0.25, 0.3) is 0 Å². The molecule has 2 N–H and O–H groups in total. The number of hydrogen-bond donors (Lipinski definition) is 1. The molecule has 4 heteroatoms. The fraction of sp³-hybridized carbons (Fsp3) is 0.900. The lowest BCUT2D eigenvalue weighted by Gasteiger charge is -2.22. The van der Waals surface area contributed by atoms with E-state index in [9.17, 15) is 0 Å². The lowest BCUT2D eigenvalue weighted by Crippen LogP contribution is -2.31. The smallest absolute Gasteiger partial charge is 0.0785 e. The van der Waals surface area contributed by atoms with Gasteiger partial charge in [0.25, 0.3) is 0 Å². The molecular formula is C10H21NO2S. The van der Waals surface area contributed by atoms with Crippen molar-refractivity contribution in [2.75, 3.05) is 26.4 Å². The first kappa shape index (κ1) is 13.8. The molecule has 0 aromatic rings. The molecule has 84 valence electrons. The van der Waals surface area contributed by atoms with Gasteiger partial charge in [-0.15, -0.1) is 0 Å². The summed E-state index contributed by atoms with van der Waals surface area (Å²) in [6, 6.07) is 0. The number of hydrogen-bond acceptors (Lipinski definition) is 3. The molecule has 0 aromatic carbocycles. The van der Waals surface area contributed by atoms with E-state index in [-0.39, 0.29) is 5.41 Å². The maximum Gasteiger partial charge on any atom is 0.0785 e. The fourth-order valence-corrected chi connectivity index (χ4v) is 0.917. The number of rotatable bonds is 8. The molecule has 3 nitrogen and oxygen atoms in total. The van der Waals surface area contributed by atoms with Crippen LogP contribution in [0.1, 0.15) is 27.2 Å². The molecule has 0 amide bonds. The van der Waals surface area contributed by atoms with Gasteiger partial charge in [0.1, 0.15) is 0 Å². The first-order valence-corrected chi connectivity index (χ1v) is 5.37. The van der Waals surface area contributed by atoms with Crippen LogP contribution in [-0.2, 0) is 9.47 Å². The SMILES string of the molecule is CCOCCOCCC(C)(C)C(N)=S. The summed E-state index contributed by atoms with van der Waals surface area (Å²) in [5, 5.41) is 0. The predicted octanol–water partition coefficient (Wildman–Crippen LogP) is 1.74. The molecular weight excluding hydrogens is 198 g/mol. The molecule has 0 rings (SSSR count). The molecule has 0 heterocycles. The summed E-state index contributed by atoms with van der Waals surface area (Å²) in [5.74, 6) is 0. The quantitative estimate of drug-likeness (QED) is 0.499. The number of thiocarbonyl (C=S) groups is 1. The van der Waals surface area contributed by atoms with Crippen LogP contribution >= 0.6 is 12.2 Å². The Balaban J connectivity index is 3.40. The van der Waals surface area contributed by atoms with Gasteiger partial charge in [0.15, 0.2) is 0 Å². The van der Waals surface area contributed by atoms with Crippen molar-refractivity contribution in [1.29, 1.82) is 0 Å². The largest absolute Gasteiger partial charge is 0.393 e. The van der Waals surface area contributed by atoms with Gasteiger partial charge in [-0.2, -0.15) is 0 Å². The van der Waals surface area contributed by atoms with Crippen molar-refractivity contribution in [3.8, 4) is 0 Å². The Morgan fingerprint density at radius 2 is 1.79 bits per heavy atom.